The first-order chi connectivity index (χ1) is 17.3. The fourth-order valence-corrected chi connectivity index (χ4v) is 3.81. The van der Waals surface area contributed by atoms with Gasteiger partial charge >= 0.3 is 5.97 Å². The van der Waals surface area contributed by atoms with Gasteiger partial charge in [0.25, 0.3) is 0 Å². The maximum absolute atomic E-state index is 13.3. The summed E-state index contributed by atoms with van der Waals surface area (Å²) in [4.78, 5) is 57.0. The number of hydrogen-bond acceptors (Lipinski definition) is 8. The van der Waals surface area contributed by atoms with Crippen LogP contribution in [0.4, 0.5) is 0 Å². The molecule has 0 spiro atoms. The molecule has 4 unspecified atom stereocenters. The number of carbonyl (C=O) groups excluding carboxylic acids is 3. The molecular formula is C23H30N6O7. The van der Waals surface area contributed by atoms with Crippen LogP contribution < -0.4 is 21.3 Å². The van der Waals surface area contributed by atoms with Crippen LogP contribution in [0.15, 0.2) is 36.8 Å². The first-order valence-electron chi connectivity index (χ1n) is 11.5. The van der Waals surface area contributed by atoms with Crippen molar-refractivity contribution in [2.45, 2.75) is 49.9 Å². The van der Waals surface area contributed by atoms with Crippen molar-refractivity contribution >= 4 is 23.7 Å². The first-order valence-corrected chi connectivity index (χ1v) is 11.5. The van der Waals surface area contributed by atoms with Crippen molar-refractivity contribution in [3.8, 4) is 5.75 Å². The number of hydrogen-bond donors (Lipinski definition) is 8. The second-order valence-corrected chi connectivity index (χ2v) is 8.50. The summed E-state index contributed by atoms with van der Waals surface area (Å²) >= 11 is 0. The van der Waals surface area contributed by atoms with E-state index in [2.05, 4.69) is 31.2 Å². The molecule has 3 rings (SSSR count). The molecule has 1 aliphatic heterocycles. The summed E-state index contributed by atoms with van der Waals surface area (Å²) in [5, 5.41) is 38.6. The minimum Gasteiger partial charge on any atom is -0.508 e. The van der Waals surface area contributed by atoms with E-state index in [1.807, 2.05) is 0 Å². The van der Waals surface area contributed by atoms with Gasteiger partial charge in [0.15, 0.2) is 0 Å². The molecule has 13 heteroatoms. The standard InChI is InChI=1S/C23H30N6O7/c30-11-19(23(35)36)29-21(33)17(8-13-3-5-15(31)6-4-13)27-22(34)18(9-14-10-24-12-26-14)28-20(32)16-2-1-7-25-16/h3-6,10,12,16-19,25,30-31H,1-2,7-9,11H2,(H,24,26)(H,27,34)(H,28,32)(H,29,33)(H,35,36). The van der Waals surface area contributed by atoms with Crippen LogP contribution in [0, 0.1) is 0 Å². The number of aliphatic hydroxyl groups excluding tert-OH is 1. The number of aliphatic hydroxyl groups is 1. The smallest absolute Gasteiger partial charge is 0.328 e. The molecule has 36 heavy (non-hydrogen) atoms. The molecule has 2 heterocycles. The molecule has 4 atom stereocenters. The predicted octanol–water partition coefficient (Wildman–Crippen LogP) is -1.82. The number of aliphatic carboxylic acids is 1. The lowest BCUT2D eigenvalue weighted by atomic mass is 10.0. The van der Waals surface area contributed by atoms with Crippen molar-refractivity contribution in [2.24, 2.45) is 0 Å². The minimum atomic E-state index is -1.56. The Balaban J connectivity index is 1.79. The Bertz CT molecular complexity index is 1040. The Morgan fingerprint density at radius 1 is 1.00 bits per heavy atom. The molecule has 1 aliphatic rings. The molecule has 0 aliphatic carbocycles. The lowest BCUT2D eigenvalue weighted by molar-refractivity contribution is -0.143. The summed E-state index contributed by atoms with van der Waals surface area (Å²) in [6, 6.07) is 1.65. The van der Waals surface area contributed by atoms with Crippen molar-refractivity contribution in [2.75, 3.05) is 13.2 Å². The maximum atomic E-state index is 13.3. The summed E-state index contributed by atoms with van der Waals surface area (Å²) in [5.41, 5.74) is 1.16. The zero-order valence-electron chi connectivity index (χ0n) is 19.4. The van der Waals surface area contributed by atoms with Gasteiger partial charge in [-0.05, 0) is 37.1 Å². The summed E-state index contributed by atoms with van der Waals surface area (Å²) in [6.45, 7) is -0.145. The quantitative estimate of drug-likeness (QED) is 0.164. The van der Waals surface area contributed by atoms with Gasteiger partial charge in [-0.3, -0.25) is 14.4 Å². The Kier molecular flexibility index (Phi) is 9.36. The van der Waals surface area contributed by atoms with Gasteiger partial charge in [-0.2, -0.15) is 0 Å². The number of phenols is 1. The highest BCUT2D eigenvalue weighted by Gasteiger charge is 2.32. The topological polar surface area (TPSA) is 206 Å². The second-order valence-electron chi connectivity index (χ2n) is 8.50. The van der Waals surface area contributed by atoms with E-state index >= 15 is 0 Å². The Morgan fingerprint density at radius 3 is 2.22 bits per heavy atom. The van der Waals surface area contributed by atoms with Crippen LogP contribution in [0.25, 0.3) is 0 Å². The third kappa shape index (κ3) is 7.52. The van der Waals surface area contributed by atoms with Gasteiger partial charge in [-0.1, -0.05) is 12.1 Å². The van der Waals surface area contributed by atoms with Gasteiger partial charge < -0.3 is 41.6 Å². The molecule has 8 N–H and O–H groups in total. The van der Waals surface area contributed by atoms with E-state index in [0.717, 1.165) is 6.42 Å². The van der Waals surface area contributed by atoms with E-state index in [0.29, 0.717) is 24.2 Å². The molecule has 13 nitrogen and oxygen atoms in total. The number of nitrogens with one attached hydrogen (secondary N) is 5. The van der Waals surface area contributed by atoms with E-state index in [4.69, 9.17) is 0 Å². The largest absolute Gasteiger partial charge is 0.508 e. The van der Waals surface area contributed by atoms with Crippen molar-refractivity contribution in [3.63, 3.8) is 0 Å². The van der Waals surface area contributed by atoms with Crippen LogP contribution in [-0.4, -0.2) is 86.3 Å². The summed E-state index contributed by atoms with van der Waals surface area (Å²) < 4.78 is 0. The number of benzene rings is 1. The highest BCUT2D eigenvalue weighted by Crippen LogP contribution is 2.12. The van der Waals surface area contributed by atoms with Crippen LogP contribution in [0.1, 0.15) is 24.1 Å². The summed E-state index contributed by atoms with van der Waals surface area (Å²) in [5.74, 6) is -3.27. The van der Waals surface area contributed by atoms with Gasteiger partial charge in [0.2, 0.25) is 17.7 Å². The Morgan fingerprint density at radius 2 is 1.67 bits per heavy atom. The number of aromatic hydroxyl groups is 1. The first kappa shape index (κ1) is 26.6. The number of carboxylic acids is 1. The number of H-pyrrole nitrogens is 1. The lowest BCUT2D eigenvalue weighted by Crippen LogP contribution is -2.58. The zero-order chi connectivity index (χ0) is 26.1. The number of aromatic nitrogens is 2. The summed E-state index contributed by atoms with van der Waals surface area (Å²) in [7, 11) is 0. The number of imidazole rings is 1. The molecular weight excluding hydrogens is 472 g/mol. The van der Waals surface area contributed by atoms with Gasteiger partial charge in [0.05, 0.1) is 19.0 Å². The maximum Gasteiger partial charge on any atom is 0.328 e. The van der Waals surface area contributed by atoms with Crippen LogP contribution in [0.3, 0.4) is 0 Å². The number of aromatic amines is 1. The molecule has 1 aromatic heterocycles. The van der Waals surface area contributed by atoms with Gasteiger partial charge in [-0.25, -0.2) is 9.78 Å². The van der Waals surface area contributed by atoms with Crippen molar-refractivity contribution < 1.29 is 34.5 Å². The molecule has 1 aromatic carbocycles. The van der Waals surface area contributed by atoms with Crippen LogP contribution in [0.2, 0.25) is 0 Å². The van der Waals surface area contributed by atoms with Crippen molar-refractivity contribution in [1.82, 2.24) is 31.2 Å². The van der Waals surface area contributed by atoms with Crippen LogP contribution >= 0.6 is 0 Å². The van der Waals surface area contributed by atoms with E-state index in [-0.39, 0.29) is 24.5 Å². The number of carboxylic acid groups (broad SMARTS) is 1. The van der Waals surface area contributed by atoms with Gasteiger partial charge in [0.1, 0.15) is 23.9 Å². The average Bonchev–Trinajstić information content (AvgIpc) is 3.57. The monoisotopic (exact) mass is 502 g/mol. The molecule has 1 fully saturated rings. The van der Waals surface area contributed by atoms with E-state index in [1.54, 1.807) is 12.1 Å². The molecule has 194 valence electrons. The molecule has 0 bridgehead atoms. The lowest BCUT2D eigenvalue weighted by Gasteiger charge is -2.25. The second kappa shape index (κ2) is 12.7. The third-order valence-electron chi connectivity index (χ3n) is 5.79. The van der Waals surface area contributed by atoms with E-state index in [9.17, 15) is 34.5 Å². The molecule has 0 radical (unpaired) electrons. The van der Waals surface area contributed by atoms with Crippen LogP contribution in [-0.2, 0) is 32.0 Å². The minimum absolute atomic E-state index is 0.0119. The van der Waals surface area contributed by atoms with E-state index in [1.165, 1.54) is 24.7 Å². The fourth-order valence-electron chi connectivity index (χ4n) is 3.81. The summed E-state index contributed by atoms with van der Waals surface area (Å²) in [6.07, 6.45) is 4.46. The molecule has 1 saturated heterocycles. The van der Waals surface area contributed by atoms with Crippen LogP contribution in [0.5, 0.6) is 5.75 Å². The zero-order valence-corrected chi connectivity index (χ0v) is 19.4. The predicted molar refractivity (Wildman–Crippen MR) is 126 cm³/mol. The highest BCUT2D eigenvalue weighted by atomic mass is 16.4. The molecule has 2 aromatic rings. The van der Waals surface area contributed by atoms with E-state index < -0.39 is 48.6 Å². The van der Waals surface area contributed by atoms with Gasteiger partial charge in [0, 0.05) is 24.7 Å². The SMILES string of the molecule is O=C(O)C(CO)NC(=O)C(Cc1ccc(O)cc1)NC(=O)C(Cc1cnc[nH]1)NC(=O)C1CCCN1. The van der Waals surface area contributed by atoms with Crippen molar-refractivity contribution in [3.05, 3.63) is 48.0 Å². The number of carbonyl (C=O) groups is 4. The Hall–Kier alpha value is -3.97. The van der Waals surface area contributed by atoms with Gasteiger partial charge in [-0.15, -0.1) is 0 Å². The number of rotatable bonds is 12. The molecule has 3 amide bonds. The molecule has 0 saturated carbocycles. The average molecular weight is 503 g/mol. The third-order valence-corrected chi connectivity index (χ3v) is 5.79. The number of nitrogens with zero attached hydrogens (tertiary/aromatic N) is 1. The Labute approximate surface area is 206 Å². The highest BCUT2D eigenvalue weighted by molar-refractivity contribution is 5.94. The number of amides is 3. The van der Waals surface area contributed by atoms with Crippen molar-refractivity contribution in [1.29, 1.82) is 0 Å². The number of phenolic OH excluding ortho intramolecular Hbond substituents is 1. The fraction of sp³-hybridized carbons (Fsp3) is 0.435. The normalized spacial score (nSPS) is 17.5.